The molecule has 1 fully saturated rings. The van der Waals surface area contributed by atoms with Gasteiger partial charge in [0, 0.05) is 0 Å². The maximum Gasteiger partial charge on any atom is 0.0890 e. The minimum atomic E-state index is 0.986. The zero-order valence-corrected chi connectivity index (χ0v) is 12.5. The third-order valence-corrected chi connectivity index (χ3v) is 5.07. The molecule has 0 radical (unpaired) electrons. The van der Waals surface area contributed by atoms with Crippen molar-refractivity contribution in [3.05, 3.63) is 0 Å². The Morgan fingerprint density at radius 3 is 2.00 bits per heavy atom. The van der Waals surface area contributed by atoms with Gasteiger partial charge in [0.2, 0.25) is 0 Å². The van der Waals surface area contributed by atoms with Crippen LogP contribution < -0.4 is 0 Å². The summed E-state index contributed by atoms with van der Waals surface area (Å²) in [6, 6.07) is 0.986. The van der Waals surface area contributed by atoms with Crippen molar-refractivity contribution in [3.8, 4) is 0 Å². The second kappa shape index (κ2) is 8.13. The summed E-state index contributed by atoms with van der Waals surface area (Å²) < 4.78 is 1.42. The van der Waals surface area contributed by atoms with Crippen LogP contribution in [0.15, 0.2) is 0 Å². The molecule has 0 N–H and O–H groups in total. The van der Waals surface area contributed by atoms with E-state index in [9.17, 15) is 0 Å². The van der Waals surface area contributed by atoms with Gasteiger partial charge in [-0.2, -0.15) is 0 Å². The Bertz CT molecular complexity index is 178. The fourth-order valence-electron chi connectivity index (χ4n) is 3.72. The van der Waals surface area contributed by atoms with Gasteiger partial charge in [0.15, 0.2) is 0 Å². The Balaban J connectivity index is 2.47. The highest BCUT2D eigenvalue weighted by atomic mass is 15.4. The van der Waals surface area contributed by atoms with Crippen LogP contribution in [0.5, 0.6) is 0 Å². The van der Waals surface area contributed by atoms with Crippen LogP contribution in [0.4, 0.5) is 0 Å². The molecule has 0 saturated heterocycles. The van der Waals surface area contributed by atoms with E-state index in [0.29, 0.717) is 0 Å². The van der Waals surface area contributed by atoms with Crippen LogP contribution in [0.2, 0.25) is 0 Å². The average molecular weight is 240 g/mol. The molecule has 1 saturated carbocycles. The van der Waals surface area contributed by atoms with E-state index in [-0.39, 0.29) is 0 Å². The molecule has 102 valence electrons. The Labute approximate surface area is 109 Å². The smallest absolute Gasteiger partial charge is 0.0890 e. The Morgan fingerprint density at radius 1 is 0.824 bits per heavy atom. The summed E-state index contributed by atoms with van der Waals surface area (Å²) in [5.74, 6) is 0. The standard InChI is InChI=1S/C16H34N/c1-4-7-8-12-15-17(5-2,6-3)16-13-10-9-11-14-16/h16H,4-15H2,1-3H3/q+1. The van der Waals surface area contributed by atoms with Gasteiger partial charge in [0.1, 0.15) is 0 Å². The van der Waals surface area contributed by atoms with Crippen molar-refractivity contribution in [1.29, 1.82) is 0 Å². The molecule has 0 aliphatic heterocycles. The SMILES string of the molecule is CCCCCC[N+](CC)(CC)C1CCCCC1. The summed E-state index contributed by atoms with van der Waals surface area (Å²) in [4.78, 5) is 0. The van der Waals surface area contributed by atoms with Crippen LogP contribution in [-0.4, -0.2) is 30.2 Å². The van der Waals surface area contributed by atoms with E-state index in [0.717, 1.165) is 6.04 Å². The van der Waals surface area contributed by atoms with Crippen molar-refractivity contribution < 1.29 is 4.48 Å². The van der Waals surface area contributed by atoms with Crippen molar-refractivity contribution >= 4 is 0 Å². The number of hydrogen-bond acceptors (Lipinski definition) is 0. The highest BCUT2D eigenvalue weighted by Crippen LogP contribution is 2.29. The lowest BCUT2D eigenvalue weighted by Crippen LogP contribution is -2.56. The number of quaternary nitrogens is 1. The van der Waals surface area contributed by atoms with Gasteiger partial charge < -0.3 is 4.48 Å². The lowest BCUT2D eigenvalue weighted by Gasteiger charge is -2.45. The molecule has 0 bridgehead atoms. The van der Waals surface area contributed by atoms with E-state index in [1.54, 1.807) is 0 Å². The lowest BCUT2D eigenvalue weighted by molar-refractivity contribution is -0.949. The summed E-state index contributed by atoms with van der Waals surface area (Å²) in [6.07, 6.45) is 13.1. The number of unbranched alkanes of at least 4 members (excludes halogenated alkanes) is 3. The van der Waals surface area contributed by atoms with Gasteiger partial charge in [0.25, 0.3) is 0 Å². The molecule has 1 rings (SSSR count). The molecular weight excluding hydrogens is 206 g/mol. The topological polar surface area (TPSA) is 0 Å². The highest BCUT2D eigenvalue weighted by molar-refractivity contribution is 4.67. The van der Waals surface area contributed by atoms with Gasteiger partial charge in [-0.05, 0) is 52.4 Å². The Kier molecular flexibility index (Phi) is 7.18. The summed E-state index contributed by atoms with van der Waals surface area (Å²) >= 11 is 0. The van der Waals surface area contributed by atoms with Crippen LogP contribution >= 0.6 is 0 Å². The Hall–Kier alpha value is -0.0400. The van der Waals surface area contributed by atoms with Crippen molar-refractivity contribution in [3.63, 3.8) is 0 Å². The molecule has 1 heteroatoms. The van der Waals surface area contributed by atoms with Crippen molar-refractivity contribution in [2.24, 2.45) is 0 Å². The van der Waals surface area contributed by atoms with Crippen molar-refractivity contribution in [1.82, 2.24) is 0 Å². The van der Waals surface area contributed by atoms with Crippen LogP contribution in [-0.2, 0) is 0 Å². The van der Waals surface area contributed by atoms with Crippen molar-refractivity contribution in [2.75, 3.05) is 19.6 Å². The molecule has 0 aromatic heterocycles. The van der Waals surface area contributed by atoms with E-state index in [4.69, 9.17) is 0 Å². The Morgan fingerprint density at radius 2 is 1.47 bits per heavy atom. The summed E-state index contributed by atoms with van der Waals surface area (Å²) in [5.41, 5.74) is 0. The maximum absolute atomic E-state index is 2.41. The van der Waals surface area contributed by atoms with Gasteiger partial charge in [0.05, 0.1) is 25.7 Å². The minimum Gasteiger partial charge on any atom is -0.322 e. The quantitative estimate of drug-likeness (QED) is 0.424. The number of rotatable bonds is 8. The molecule has 0 aromatic rings. The second-order valence-corrected chi connectivity index (χ2v) is 5.93. The third kappa shape index (κ3) is 4.28. The van der Waals surface area contributed by atoms with E-state index in [2.05, 4.69) is 20.8 Å². The van der Waals surface area contributed by atoms with Gasteiger partial charge in [-0.15, -0.1) is 0 Å². The molecule has 1 aliphatic carbocycles. The predicted octanol–water partition coefficient (Wildman–Crippen LogP) is 4.76. The van der Waals surface area contributed by atoms with E-state index in [1.807, 2.05) is 0 Å². The van der Waals surface area contributed by atoms with Crippen LogP contribution in [0.3, 0.4) is 0 Å². The van der Waals surface area contributed by atoms with Crippen LogP contribution in [0.25, 0.3) is 0 Å². The lowest BCUT2D eigenvalue weighted by atomic mass is 9.91. The molecule has 17 heavy (non-hydrogen) atoms. The van der Waals surface area contributed by atoms with Gasteiger partial charge in [-0.1, -0.05) is 26.2 Å². The molecule has 0 atom stereocenters. The zero-order valence-electron chi connectivity index (χ0n) is 12.5. The van der Waals surface area contributed by atoms with Gasteiger partial charge in [-0.25, -0.2) is 0 Å². The number of hydrogen-bond donors (Lipinski definition) is 0. The first-order valence-corrected chi connectivity index (χ1v) is 8.14. The van der Waals surface area contributed by atoms with Crippen LogP contribution in [0.1, 0.15) is 78.6 Å². The summed E-state index contributed by atoms with van der Waals surface area (Å²) in [6.45, 7) is 11.3. The first-order chi connectivity index (χ1) is 8.29. The van der Waals surface area contributed by atoms with Gasteiger partial charge in [-0.3, -0.25) is 0 Å². The second-order valence-electron chi connectivity index (χ2n) is 5.93. The highest BCUT2D eigenvalue weighted by Gasteiger charge is 2.33. The third-order valence-electron chi connectivity index (χ3n) is 5.07. The van der Waals surface area contributed by atoms with Gasteiger partial charge >= 0.3 is 0 Å². The summed E-state index contributed by atoms with van der Waals surface area (Å²) in [7, 11) is 0. The molecule has 0 unspecified atom stereocenters. The molecule has 0 amide bonds. The number of nitrogens with zero attached hydrogens (tertiary/aromatic N) is 1. The van der Waals surface area contributed by atoms with Crippen LogP contribution in [0, 0.1) is 0 Å². The first-order valence-electron chi connectivity index (χ1n) is 8.14. The normalized spacial score (nSPS) is 18.5. The predicted molar refractivity (Wildman–Crippen MR) is 77.2 cm³/mol. The molecule has 0 aromatic carbocycles. The molecule has 0 heterocycles. The fraction of sp³-hybridized carbons (Fsp3) is 1.00. The largest absolute Gasteiger partial charge is 0.322 e. The minimum absolute atomic E-state index is 0.986. The molecular formula is C16H34N+. The van der Waals surface area contributed by atoms with Crippen molar-refractivity contribution in [2.45, 2.75) is 84.6 Å². The molecule has 1 nitrogen and oxygen atoms in total. The monoisotopic (exact) mass is 240 g/mol. The summed E-state index contributed by atoms with van der Waals surface area (Å²) in [5, 5.41) is 0. The zero-order chi connectivity index (χ0) is 12.6. The van der Waals surface area contributed by atoms with E-state index >= 15 is 0 Å². The van der Waals surface area contributed by atoms with E-state index in [1.165, 1.54) is 81.9 Å². The first kappa shape index (κ1) is 15.0. The average Bonchev–Trinajstić information content (AvgIpc) is 2.41. The fourth-order valence-corrected chi connectivity index (χ4v) is 3.72. The molecule has 1 aliphatic rings. The molecule has 0 spiro atoms. The van der Waals surface area contributed by atoms with E-state index < -0.39 is 0 Å². The maximum atomic E-state index is 2.41.